The van der Waals surface area contributed by atoms with Crippen LogP contribution in [0, 0.1) is 5.92 Å². The monoisotopic (exact) mass is 233 g/mol. The van der Waals surface area contributed by atoms with Crippen LogP contribution in [0.5, 0.6) is 0 Å². The van der Waals surface area contributed by atoms with E-state index in [2.05, 4.69) is 12.1 Å². The second-order valence-corrected chi connectivity index (χ2v) is 4.69. The van der Waals surface area contributed by atoms with Crippen molar-refractivity contribution >= 4 is 5.91 Å². The molecule has 92 valence electrons. The predicted molar refractivity (Wildman–Crippen MR) is 66.5 cm³/mol. The standard InChI is InChI=1S/C14H19NO2/c16-11-13-9-15(10-13)14(17)8-4-7-12-5-2-1-3-6-12/h1-3,5-6,13,16H,4,7-11H2. The molecule has 0 bridgehead atoms. The maximum absolute atomic E-state index is 11.7. The van der Waals surface area contributed by atoms with Gasteiger partial charge in [0.05, 0.1) is 0 Å². The fourth-order valence-corrected chi connectivity index (χ4v) is 2.14. The molecule has 0 atom stereocenters. The van der Waals surface area contributed by atoms with Gasteiger partial charge in [-0.1, -0.05) is 30.3 Å². The molecule has 1 N–H and O–H groups in total. The van der Waals surface area contributed by atoms with E-state index in [0.717, 1.165) is 25.9 Å². The number of likely N-dealkylation sites (tertiary alicyclic amines) is 1. The summed E-state index contributed by atoms with van der Waals surface area (Å²) in [5.74, 6) is 0.540. The van der Waals surface area contributed by atoms with Gasteiger partial charge in [-0.2, -0.15) is 0 Å². The Hall–Kier alpha value is -1.35. The molecule has 1 aromatic carbocycles. The zero-order chi connectivity index (χ0) is 12.1. The van der Waals surface area contributed by atoms with Crippen LogP contribution in [-0.2, 0) is 11.2 Å². The van der Waals surface area contributed by atoms with Crippen LogP contribution in [0.15, 0.2) is 30.3 Å². The molecule has 1 aliphatic rings. The van der Waals surface area contributed by atoms with Gasteiger partial charge in [-0.25, -0.2) is 0 Å². The van der Waals surface area contributed by atoms with Crippen LogP contribution in [0.4, 0.5) is 0 Å². The first kappa shape index (κ1) is 12.1. The number of rotatable bonds is 5. The Kier molecular flexibility index (Phi) is 4.15. The second-order valence-electron chi connectivity index (χ2n) is 4.69. The Balaban J connectivity index is 1.64. The second kappa shape index (κ2) is 5.82. The largest absolute Gasteiger partial charge is 0.396 e. The number of hydrogen-bond donors (Lipinski definition) is 1. The van der Waals surface area contributed by atoms with Crippen LogP contribution in [0.1, 0.15) is 18.4 Å². The third kappa shape index (κ3) is 3.30. The van der Waals surface area contributed by atoms with Crippen molar-refractivity contribution in [3.05, 3.63) is 35.9 Å². The third-order valence-electron chi connectivity index (χ3n) is 3.27. The van der Waals surface area contributed by atoms with Crippen molar-refractivity contribution in [2.75, 3.05) is 19.7 Å². The molecule has 1 amide bonds. The van der Waals surface area contributed by atoms with E-state index in [1.807, 2.05) is 23.1 Å². The summed E-state index contributed by atoms with van der Waals surface area (Å²) >= 11 is 0. The molecule has 0 spiro atoms. The van der Waals surface area contributed by atoms with Gasteiger partial charge in [0.25, 0.3) is 0 Å². The molecule has 1 fully saturated rings. The molecule has 3 nitrogen and oxygen atoms in total. The van der Waals surface area contributed by atoms with Gasteiger partial charge in [0.1, 0.15) is 0 Å². The lowest BCUT2D eigenvalue weighted by molar-refractivity contribution is -0.138. The van der Waals surface area contributed by atoms with E-state index in [4.69, 9.17) is 5.11 Å². The molecular weight excluding hydrogens is 214 g/mol. The number of carbonyl (C=O) groups excluding carboxylic acids is 1. The zero-order valence-electron chi connectivity index (χ0n) is 10.0. The van der Waals surface area contributed by atoms with E-state index in [0.29, 0.717) is 12.3 Å². The summed E-state index contributed by atoms with van der Waals surface area (Å²) in [6, 6.07) is 10.2. The van der Waals surface area contributed by atoms with Crippen LogP contribution in [0.3, 0.4) is 0 Å². The van der Waals surface area contributed by atoms with E-state index in [1.165, 1.54) is 5.56 Å². The van der Waals surface area contributed by atoms with Gasteiger partial charge in [0.15, 0.2) is 0 Å². The molecule has 1 heterocycles. The molecule has 1 aromatic rings. The Morgan fingerprint density at radius 1 is 1.29 bits per heavy atom. The lowest BCUT2D eigenvalue weighted by Crippen LogP contribution is -2.51. The molecule has 0 saturated carbocycles. The fraction of sp³-hybridized carbons (Fsp3) is 0.500. The smallest absolute Gasteiger partial charge is 0.222 e. The van der Waals surface area contributed by atoms with Crippen LogP contribution < -0.4 is 0 Å². The highest BCUT2D eigenvalue weighted by atomic mass is 16.3. The van der Waals surface area contributed by atoms with Gasteiger partial charge in [-0.3, -0.25) is 4.79 Å². The van der Waals surface area contributed by atoms with Crippen molar-refractivity contribution in [3.63, 3.8) is 0 Å². The minimum absolute atomic E-state index is 0.202. The van der Waals surface area contributed by atoms with E-state index in [1.54, 1.807) is 0 Å². The fourth-order valence-electron chi connectivity index (χ4n) is 2.14. The van der Waals surface area contributed by atoms with Gasteiger partial charge >= 0.3 is 0 Å². The van der Waals surface area contributed by atoms with Crippen molar-refractivity contribution < 1.29 is 9.90 Å². The molecule has 2 rings (SSSR count). The summed E-state index contributed by atoms with van der Waals surface area (Å²) in [4.78, 5) is 13.6. The number of amides is 1. The first-order valence-electron chi connectivity index (χ1n) is 6.22. The summed E-state index contributed by atoms with van der Waals surface area (Å²) in [5, 5.41) is 8.87. The van der Waals surface area contributed by atoms with Gasteiger partial charge in [0.2, 0.25) is 5.91 Å². The summed E-state index contributed by atoms with van der Waals surface area (Å²) < 4.78 is 0. The van der Waals surface area contributed by atoms with Crippen LogP contribution in [0.2, 0.25) is 0 Å². The number of hydrogen-bond acceptors (Lipinski definition) is 2. The van der Waals surface area contributed by atoms with E-state index in [9.17, 15) is 4.79 Å². The maximum atomic E-state index is 11.7. The number of carbonyl (C=O) groups is 1. The van der Waals surface area contributed by atoms with Gasteiger partial charge < -0.3 is 10.0 Å². The molecule has 0 aromatic heterocycles. The lowest BCUT2D eigenvalue weighted by Gasteiger charge is -2.38. The maximum Gasteiger partial charge on any atom is 0.222 e. The highest BCUT2D eigenvalue weighted by Gasteiger charge is 2.29. The van der Waals surface area contributed by atoms with Crippen molar-refractivity contribution in [1.29, 1.82) is 0 Å². The summed E-state index contributed by atoms with van der Waals surface area (Å²) in [5.41, 5.74) is 1.29. The molecule has 0 aliphatic carbocycles. The first-order valence-corrected chi connectivity index (χ1v) is 6.22. The van der Waals surface area contributed by atoms with E-state index in [-0.39, 0.29) is 12.5 Å². The normalized spacial score (nSPS) is 15.7. The highest BCUT2D eigenvalue weighted by molar-refractivity contribution is 5.77. The Morgan fingerprint density at radius 2 is 2.00 bits per heavy atom. The Labute approximate surface area is 102 Å². The quantitative estimate of drug-likeness (QED) is 0.836. The molecule has 0 radical (unpaired) electrons. The predicted octanol–water partition coefficient (Wildman–Crippen LogP) is 1.46. The number of aliphatic hydroxyl groups is 1. The zero-order valence-corrected chi connectivity index (χ0v) is 10.0. The highest BCUT2D eigenvalue weighted by Crippen LogP contribution is 2.16. The summed E-state index contributed by atoms with van der Waals surface area (Å²) in [7, 11) is 0. The van der Waals surface area contributed by atoms with E-state index >= 15 is 0 Å². The van der Waals surface area contributed by atoms with Crippen molar-refractivity contribution in [3.8, 4) is 0 Å². The topological polar surface area (TPSA) is 40.5 Å². The minimum atomic E-state index is 0.202. The Morgan fingerprint density at radius 3 is 2.65 bits per heavy atom. The van der Waals surface area contributed by atoms with Gasteiger partial charge in [0, 0.05) is 32.0 Å². The number of benzene rings is 1. The van der Waals surface area contributed by atoms with E-state index < -0.39 is 0 Å². The molecular formula is C14H19NO2. The summed E-state index contributed by atoms with van der Waals surface area (Å²) in [6.07, 6.45) is 2.49. The Bertz CT molecular complexity index is 358. The summed E-state index contributed by atoms with van der Waals surface area (Å²) in [6.45, 7) is 1.68. The van der Waals surface area contributed by atoms with Crippen molar-refractivity contribution in [2.45, 2.75) is 19.3 Å². The average molecular weight is 233 g/mol. The number of aryl methyl sites for hydroxylation is 1. The lowest BCUT2D eigenvalue weighted by atomic mass is 10.00. The SMILES string of the molecule is O=C(CCCc1ccccc1)N1CC(CO)C1. The minimum Gasteiger partial charge on any atom is -0.396 e. The molecule has 1 saturated heterocycles. The molecule has 0 unspecified atom stereocenters. The first-order chi connectivity index (χ1) is 8.29. The number of aliphatic hydroxyl groups excluding tert-OH is 1. The molecule has 1 aliphatic heterocycles. The molecule has 17 heavy (non-hydrogen) atoms. The van der Waals surface area contributed by atoms with Crippen molar-refractivity contribution in [1.82, 2.24) is 4.90 Å². The third-order valence-corrected chi connectivity index (χ3v) is 3.27. The van der Waals surface area contributed by atoms with Crippen LogP contribution in [-0.4, -0.2) is 35.6 Å². The number of nitrogens with zero attached hydrogens (tertiary/aromatic N) is 1. The molecule has 3 heteroatoms. The van der Waals surface area contributed by atoms with Gasteiger partial charge in [-0.15, -0.1) is 0 Å². The van der Waals surface area contributed by atoms with Gasteiger partial charge in [-0.05, 0) is 18.4 Å². The van der Waals surface area contributed by atoms with Crippen LogP contribution >= 0.6 is 0 Å². The van der Waals surface area contributed by atoms with Crippen LogP contribution in [0.25, 0.3) is 0 Å². The average Bonchev–Trinajstić information content (AvgIpc) is 2.29. The van der Waals surface area contributed by atoms with Crippen molar-refractivity contribution in [2.24, 2.45) is 5.92 Å².